The van der Waals surface area contributed by atoms with Crippen LogP contribution in [0.3, 0.4) is 0 Å². The lowest BCUT2D eigenvalue weighted by molar-refractivity contribution is -0.272. The zero-order valence-electron chi connectivity index (χ0n) is 27.1. The molecule has 1 saturated heterocycles. The van der Waals surface area contributed by atoms with E-state index >= 15 is 0 Å². The molecule has 0 spiro atoms. The fourth-order valence-corrected chi connectivity index (χ4v) is 5.69. The fraction of sp³-hybridized carbons (Fsp3) is 0.325. The summed E-state index contributed by atoms with van der Waals surface area (Å²) in [6.07, 6.45) is -0.560. The van der Waals surface area contributed by atoms with E-state index in [-0.39, 0.29) is 6.61 Å². The molecule has 5 atom stereocenters. The van der Waals surface area contributed by atoms with E-state index in [9.17, 15) is 4.79 Å². The van der Waals surface area contributed by atoms with Crippen molar-refractivity contribution in [3.05, 3.63) is 155 Å². The lowest BCUT2D eigenvalue weighted by Gasteiger charge is -2.46. The van der Waals surface area contributed by atoms with Gasteiger partial charge in [0.25, 0.3) is 0 Å². The molecule has 1 heterocycles. The molecule has 1 aliphatic heterocycles. The Balaban J connectivity index is 1.46. The number of carbonyl (C=O) groups is 1. The summed E-state index contributed by atoms with van der Waals surface area (Å²) >= 11 is 0. The fourth-order valence-electron chi connectivity index (χ4n) is 5.69. The lowest BCUT2D eigenvalue weighted by Crippen LogP contribution is -2.61. The summed E-state index contributed by atoms with van der Waals surface area (Å²) < 4.78 is 38.2. The monoisotopic (exact) mass is 636 g/mol. The highest BCUT2D eigenvalue weighted by Gasteiger charge is 2.48. The topological polar surface area (TPSA) is 72.5 Å². The summed E-state index contributed by atoms with van der Waals surface area (Å²) in [5.74, 6) is -0.413. The molecular formula is C40H44O7. The van der Waals surface area contributed by atoms with Crippen LogP contribution < -0.4 is 0 Å². The van der Waals surface area contributed by atoms with Gasteiger partial charge in [-0.15, -0.1) is 0 Å². The highest BCUT2D eigenvalue weighted by atomic mass is 16.6. The predicted octanol–water partition coefficient (Wildman–Crippen LogP) is 7.24. The Morgan fingerprint density at radius 1 is 0.596 bits per heavy atom. The normalized spacial score (nSPS) is 21.3. The number of ether oxygens (including phenoxy) is 6. The maximum Gasteiger partial charge on any atom is 0.330 e. The Morgan fingerprint density at radius 2 is 1.00 bits per heavy atom. The standard InChI is InChI=1S/C40H44O7/c1-30(24-37(41)42-2)23-35-38(44-26-32-17-9-4-10-18-32)40(46-28-34-21-13-6-14-22-34)39(45-27-33-19-11-5-12-20-33)36(47-35)29-43-25-31-15-7-3-8-16-31/h3-22,24,35-36,38-40H,23,25-29H2,1-2H3/b30-24+/t35-,36-,38+,39-,40-/m1/s1. The molecule has 7 heteroatoms. The van der Waals surface area contributed by atoms with Crippen molar-refractivity contribution in [2.75, 3.05) is 13.7 Å². The third-order valence-corrected chi connectivity index (χ3v) is 8.07. The number of benzene rings is 4. The van der Waals surface area contributed by atoms with Crippen molar-refractivity contribution in [2.24, 2.45) is 0 Å². The van der Waals surface area contributed by atoms with Crippen LogP contribution in [0.25, 0.3) is 0 Å². The number of carbonyl (C=O) groups excluding carboxylic acids is 1. The molecule has 7 nitrogen and oxygen atoms in total. The number of hydrogen-bond donors (Lipinski definition) is 0. The Hall–Kier alpha value is -4.11. The van der Waals surface area contributed by atoms with Gasteiger partial charge in [-0.3, -0.25) is 0 Å². The van der Waals surface area contributed by atoms with Crippen LogP contribution in [0.15, 0.2) is 133 Å². The first-order chi connectivity index (χ1) is 23.1. The largest absolute Gasteiger partial charge is 0.466 e. The predicted molar refractivity (Wildman–Crippen MR) is 180 cm³/mol. The SMILES string of the molecule is COC(=O)/C=C(\C)C[C@H]1O[C@H](COCc2ccccc2)[C@@H](OCc2ccccc2)[C@H](OCc2ccccc2)[C@H]1OCc1ccccc1. The van der Waals surface area contributed by atoms with E-state index in [0.29, 0.717) is 32.8 Å². The van der Waals surface area contributed by atoms with Gasteiger partial charge < -0.3 is 28.4 Å². The molecule has 0 amide bonds. The Kier molecular flexibility index (Phi) is 13.3. The Bertz CT molecular complexity index is 1500. The molecule has 0 aliphatic carbocycles. The highest BCUT2D eigenvalue weighted by Crippen LogP contribution is 2.33. The maximum absolute atomic E-state index is 12.2. The molecule has 1 aliphatic rings. The van der Waals surface area contributed by atoms with Gasteiger partial charge in [0.2, 0.25) is 0 Å². The van der Waals surface area contributed by atoms with Crippen LogP contribution in [0.2, 0.25) is 0 Å². The molecule has 0 N–H and O–H groups in total. The van der Waals surface area contributed by atoms with Crippen molar-refractivity contribution < 1.29 is 33.2 Å². The van der Waals surface area contributed by atoms with Crippen molar-refractivity contribution in [3.8, 4) is 0 Å². The van der Waals surface area contributed by atoms with Gasteiger partial charge >= 0.3 is 5.97 Å². The van der Waals surface area contributed by atoms with Crippen molar-refractivity contribution in [2.45, 2.75) is 70.3 Å². The van der Waals surface area contributed by atoms with Crippen LogP contribution in [0.5, 0.6) is 0 Å². The number of rotatable bonds is 16. The van der Waals surface area contributed by atoms with E-state index in [0.717, 1.165) is 27.8 Å². The zero-order chi connectivity index (χ0) is 32.7. The third kappa shape index (κ3) is 10.7. The van der Waals surface area contributed by atoms with Gasteiger partial charge in [0.05, 0.1) is 46.2 Å². The molecule has 0 radical (unpaired) electrons. The van der Waals surface area contributed by atoms with Crippen LogP contribution in [-0.2, 0) is 59.6 Å². The summed E-state index contributed by atoms with van der Waals surface area (Å²) in [4.78, 5) is 12.2. The van der Waals surface area contributed by atoms with Crippen LogP contribution in [0, 0.1) is 0 Å². The van der Waals surface area contributed by atoms with Gasteiger partial charge in [0, 0.05) is 6.08 Å². The minimum Gasteiger partial charge on any atom is -0.466 e. The summed E-state index contributed by atoms with van der Waals surface area (Å²) in [5, 5.41) is 0. The van der Waals surface area contributed by atoms with Gasteiger partial charge in [-0.25, -0.2) is 4.79 Å². The first-order valence-electron chi connectivity index (χ1n) is 16.1. The van der Waals surface area contributed by atoms with Gasteiger partial charge in [-0.05, 0) is 35.6 Å². The van der Waals surface area contributed by atoms with E-state index in [1.165, 1.54) is 13.2 Å². The summed E-state index contributed by atoms with van der Waals surface area (Å²) in [5.41, 5.74) is 4.99. The second-order valence-corrected chi connectivity index (χ2v) is 11.7. The Morgan fingerprint density at radius 3 is 1.45 bits per heavy atom. The number of methoxy groups -OCH3 is 1. The third-order valence-electron chi connectivity index (χ3n) is 8.07. The molecule has 0 bridgehead atoms. The molecule has 1 fully saturated rings. The molecule has 47 heavy (non-hydrogen) atoms. The van der Waals surface area contributed by atoms with Gasteiger partial charge in [0.1, 0.15) is 24.4 Å². The molecule has 5 rings (SSSR count). The van der Waals surface area contributed by atoms with Crippen LogP contribution in [-0.4, -0.2) is 50.2 Å². The van der Waals surface area contributed by atoms with Crippen LogP contribution >= 0.6 is 0 Å². The highest BCUT2D eigenvalue weighted by molar-refractivity contribution is 5.82. The first kappa shape index (κ1) is 34.2. The van der Waals surface area contributed by atoms with Crippen molar-refractivity contribution >= 4 is 5.97 Å². The van der Waals surface area contributed by atoms with Crippen molar-refractivity contribution in [1.29, 1.82) is 0 Å². The first-order valence-corrected chi connectivity index (χ1v) is 16.1. The number of hydrogen-bond acceptors (Lipinski definition) is 7. The molecule has 4 aromatic carbocycles. The maximum atomic E-state index is 12.2. The average Bonchev–Trinajstić information content (AvgIpc) is 3.11. The van der Waals surface area contributed by atoms with E-state index in [1.54, 1.807) is 0 Å². The quantitative estimate of drug-likeness (QED) is 0.0949. The molecule has 246 valence electrons. The minimum absolute atomic E-state index is 0.279. The lowest BCUT2D eigenvalue weighted by atomic mass is 9.90. The zero-order valence-corrected chi connectivity index (χ0v) is 27.1. The summed E-state index contributed by atoms with van der Waals surface area (Å²) in [6.45, 7) is 3.70. The Labute approximate surface area is 278 Å². The molecule has 4 aromatic rings. The minimum atomic E-state index is -0.522. The van der Waals surface area contributed by atoms with E-state index in [1.807, 2.05) is 128 Å². The van der Waals surface area contributed by atoms with Crippen LogP contribution in [0.1, 0.15) is 35.6 Å². The van der Waals surface area contributed by atoms with Crippen molar-refractivity contribution in [3.63, 3.8) is 0 Å². The van der Waals surface area contributed by atoms with Crippen LogP contribution in [0.4, 0.5) is 0 Å². The molecule has 0 saturated carbocycles. The van der Waals surface area contributed by atoms with E-state index in [2.05, 4.69) is 0 Å². The van der Waals surface area contributed by atoms with Gasteiger partial charge in [-0.2, -0.15) is 0 Å². The smallest absolute Gasteiger partial charge is 0.330 e. The van der Waals surface area contributed by atoms with E-state index < -0.39 is 36.5 Å². The second-order valence-electron chi connectivity index (χ2n) is 11.7. The summed E-state index contributed by atoms with van der Waals surface area (Å²) in [6, 6.07) is 40.2. The van der Waals surface area contributed by atoms with Crippen molar-refractivity contribution in [1.82, 2.24) is 0 Å². The molecule has 0 aromatic heterocycles. The molecular weight excluding hydrogens is 592 g/mol. The van der Waals surface area contributed by atoms with Gasteiger partial charge in [0.15, 0.2) is 0 Å². The average molecular weight is 637 g/mol. The van der Waals surface area contributed by atoms with Gasteiger partial charge in [-0.1, -0.05) is 127 Å². The summed E-state index contributed by atoms with van der Waals surface area (Å²) in [7, 11) is 1.37. The number of esters is 1. The second kappa shape index (κ2) is 18.3. The molecule has 0 unspecified atom stereocenters. The van der Waals surface area contributed by atoms with E-state index in [4.69, 9.17) is 28.4 Å².